The maximum atomic E-state index is 12.4. The van der Waals surface area contributed by atoms with Gasteiger partial charge in [0.05, 0.1) is 5.54 Å². The van der Waals surface area contributed by atoms with Crippen LogP contribution in [-0.2, 0) is 31.3 Å². The number of ether oxygens (including phenoxy) is 1. The lowest BCUT2D eigenvalue weighted by Crippen LogP contribution is -2.48. The van der Waals surface area contributed by atoms with Crippen LogP contribution in [0.3, 0.4) is 0 Å². The fourth-order valence-electron chi connectivity index (χ4n) is 4.45. The van der Waals surface area contributed by atoms with Crippen molar-refractivity contribution < 1.29 is 19.1 Å². The van der Waals surface area contributed by atoms with Crippen LogP contribution in [0.15, 0.2) is 47.8 Å². The van der Waals surface area contributed by atoms with Gasteiger partial charge in [0.1, 0.15) is 12.6 Å². The molecule has 3 rings (SSSR count). The van der Waals surface area contributed by atoms with Gasteiger partial charge in [-0.3, -0.25) is 14.5 Å². The molecule has 0 radical (unpaired) electrons. The lowest BCUT2D eigenvalue weighted by molar-refractivity contribution is -0.148. The molecule has 0 bridgehead atoms. The minimum Gasteiger partial charge on any atom is -0.459 e. The van der Waals surface area contributed by atoms with E-state index in [4.69, 9.17) is 4.74 Å². The first-order valence-corrected chi connectivity index (χ1v) is 12.7. The molecular formula is C26H35N3O4S. The average molecular weight is 486 g/mol. The van der Waals surface area contributed by atoms with Crippen molar-refractivity contribution in [3.05, 3.63) is 58.3 Å². The summed E-state index contributed by atoms with van der Waals surface area (Å²) in [7, 11) is 4.24. The first-order chi connectivity index (χ1) is 16.3. The normalized spacial score (nSPS) is 21.0. The summed E-state index contributed by atoms with van der Waals surface area (Å²) in [6.45, 7) is 1.74. The van der Waals surface area contributed by atoms with Crippen molar-refractivity contribution in [3.63, 3.8) is 0 Å². The van der Waals surface area contributed by atoms with Gasteiger partial charge in [-0.05, 0) is 63.7 Å². The molecular weight excluding hydrogens is 450 g/mol. The lowest BCUT2D eigenvalue weighted by Gasteiger charge is -2.44. The highest BCUT2D eigenvalue weighted by Gasteiger charge is 2.39. The van der Waals surface area contributed by atoms with E-state index in [9.17, 15) is 14.4 Å². The van der Waals surface area contributed by atoms with Crippen LogP contribution in [0.2, 0.25) is 0 Å². The Morgan fingerprint density at radius 1 is 1.06 bits per heavy atom. The number of benzene rings is 1. The number of rotatable bonds is 10. The summed E-state index contributed by atoms with van der Waals surface area (Å²) < 4.78 is 5.24. The molecule has 2 aromatic rings. The van der Waals surface area contributed by atoms with Crippen LogP contribution >= 0.6 is 11.3 Å². The predicted molar refractivity (Wildman–Crippen MR) is 133 cm³/mol. The highest BCUT2D eigenvalue weighted by atomic mass is 32.1. The molecule has 1 aliphatic rings. The number of nitrogens with zero attached hydrogens (tertiary/aromatic N) is 1. The van der Waals surface area contributed by atoms with Crippen LogP contribution in [0.4, 0.5) is 0 Å². The third kappa shape index (κ3) is 6.90. The van der Waals surface area contributed by atoms with Gasteiger partial charge in [0.25, 0.3) is 0 Å². The zero-order chi connectivity index (χ0) is 24.6. The maximum absolute atomic E-state index is 12.4. The molecule has 2 N–H and O–H groups in total. The molecule has 0 spiro atoms. The fourth-order valence-corrected chi connectivity index (χ4v) is 5.52. The van der Waals surface area contributed by atoms with Crippen molar-refractivity contribution in [3.8, 4) is 0 Å². The molecule has 34 heavy (non-hydrogen) atoms. The summed E-state index contributed by atoms with van der Waals surface area (Å²) >= 11 is 1.79. The van der Waals surface area contributed by atoms with Crippen molar-refractivity contribution in [1.29, 1.82) is 0 Å². The summed E-state index contributed by atoms with van der Waals surface area (Å²) in [6.07, 6.45) is 3.89. The van der Waals surface area contributed by atoms with Crippen LogP contribution in [-0.4, -0.2) is 48.9 Å². The van der Waals surface area contributed by atoms with Gasteiger partial charge in [-0.2, -0.15) is 0 Å². The van der Waals surface area contributed by atoms with Gasteiger partial charge in [-0.1, -0.05) is 36.4 Å². The second-order valence-corrected chi connectivity index (χ2v) is 10.1. The van der Waals surface area contributed by atoms with Crippen molar-refractivity contribution in [2.24, 2.45) is 0 Å². The molecule has 0 aliphatic heterocycles. The van der Waals surface area contributed by atoms with E-state index < -0.39 is 12.0 Å². The molecule has 1 saturated carbocycles. The zero-order valence-corrected chi connectivity index (χ0v) is 21.0. The molecule has 1 aromatic carbocycles. The predicted octanol–water partition coefficient (Wildman–Crippen LogP) is 3.59. The highest BCUT2D eigenvalue weighted by Crippen LogP contribution is 2.42. The van der Waals surface area contributed by atoms with Crippen LogP contribution in [0.5, 0.6) is 0 Å². The number of hydrogen-bond acceptors (Lipinski definition) is 6. The summed E-state index contributed by atoms with van der Waals surface area (Å²) in [5.41, 5.74) is 0.910. The number of amides is 2. The monoisotopic (exact) mass is 485 g/mol. The molecule has 2 amide bonds. The van der Waals surface area contributed by atoms with Crippen LogP contribution < -0.4 is 10.6 Å². The van der Waals surface area contributed by atoms with E-state index in [0.29, 0.717) is 0 Å². The van der Waals surface area contributed by atoms with Gasteiger partial charge < -0.3 is 15.4 Å². The molecule has 1 fully saturated rings. The quantitative estimate of drug-likeness (QED) is 0.502. The Labute approximate surface area is 205 Å². The van der Waals surface area contributed by atoms with Crippen LogP contribution in [0.25, 0.3) is 0 Å². The van der Waals surface area contributed by atoms with E-state index in [1.54, 1.807) is 18.3 Å². The first kappa shape index (κ1) is 25.9. The number of carbonyl (C=O) groups is 3. The summed E-state index contributed by atoms with van der Waals surface area (Å²) in [6, 6.07) is 13.0. The van der Waals surface area contributed by atoms with E-state index in [1.807, 2.05) is 30.3 Å². The van der Waals surface area contributed by atoms with Crippen molar-refractivity contribution in [2.45, 2.75) is 69.7 Å². The van der Waals surface area contributed by atoms with Gasteiger partial charge in [0.15, 0.2) is 0 Å². The molecule has 7 nitrogen and oxygen atoms in total. The van der Waals surface area contributed by atoms with E-state index in [1.165, 1.54) is 4.88 Å². The van der Waals surface area contributed by atoms with Gasteiger partial charge >= 0.3 is 5.97 Å². The third-order valence-corrected chi connectivity index (χ3v) is 7.61. The van der Waals surface area contributed by atoms with Crippen LogP contribution in [0.1, 0.15) is 55.9 Å². The number of hydrogen-bond donors (Lipinski definition) is 2. The maximum Gasteiger partial charge on any atom is 0.328 e. The summed E-state index contributed by atoms with van der Waals surface area (Å²) in [5.74, 6) is -0.973. The Hall–Kier alpha value is -2.71. The van der Waals surface area contributed by atoms with Crippen LogP contribution in [0, 0.1) is 0 Å². The molecule has 1 aliphatic carbocycles. The highest BCUT2D eigenvalue weighted by molar-refractivity contribution is 7.10. The number of nitrogens with one attached hydrogen (secondary N) is 2. The summed E-state index contributed by atoms with van der Waals surface area (Å²) in [5, 5.41) is 7.82. The number of esters is 1. The number of thiophene rings is 1. The minimum absolute atomic E-state index is 0.0283. The molecule has 8 heteroatoms. The Kier molecular flexibility index (Phi) is 9.24. The molecule has 0 saturated heterocycles. The average Bonchev–Trinajstić information content (AvgIpc) is 3.38. The van der Waals surface area contributed by atoms with Crippen molar-refractivity contribution in [1.82, 2.24) is 15.5 Å². The van der Waals surface area contributed by atoms with Crippen molar-refractivity contribution in [2.75, 3.05) is 14.1 Å². The second-order valence-electron chi connectivity index (χ2n) is 9.13. The van der Waals surface area contributed by atoms with E-state index in [0.717, 1.165) is 31.2 Å². The molecule has 1 aromatic heterocycles. The molecule has 1 unspecified atom stereocenters. The van der Waals surface area contributed by atoms with Gasteiger partial charge in [-0.25, -0.2) is 4.79 Å². The van der Waals surface area contributed by atoms with E-state index >= 15 is 0 Å². The van der Waals surface area contributed by atoms with Gasteiger partial charge in [0, 0.05) is 23.8 Å². The fraction of sp³-hybridized carbons (Fsp3) is 0.500. The zero-order valence-electron chi connectivity index (χ0n) is 20.2. The number of carbonyl (C=O) groups excluding carboxylic acids is 3. The Morgan fingerprint density at radius 2 is 1.74 bits per heavy atom. The topological polar surface area (TPSA) is 87.7 Å². The Bertz CT molecular complexity index is 938. The molecule has 1 heterocycles. The Balaban J connectivity index is 1.36. The largest absolute Gasteiger partial charge is 0.459 e. The molecule has 1 atom stereocenters. The van der Waals surface area contributed by atoms with E-state index in [-0.39, 0.29) is 42.8 Å². The smallest absolute Gasteiger partial charge is 0.328 e. The molecule has 184 valence electrons. The van der Waals surface area contributed by atoms with Crippen molar-refractivity contribution >= 4 is 29.1 Å². The third-order valence-electron chi connectivity index (χ3n) is 6.55. The standard InChI is InChI=1S/C26H35N3O4S/c1-19(25(32)33-18-20-8-5-4-6-9-20)27-23(30)11-12-24(31)28-21-13-15-26(16-14-21,29(2)3)22-10-7-17-34-22/h4-10,17,19,21H,11-16,18H2,1-3H3,(H,27,30)(H,28,31). The lowest BCUT2D eigenvalue weighted by atomic mass is 9.77. The van der Waals surface area contributed by atoms with E-state index in [2.05, 4.69) is 47.1 Å². The summed E-state index contributed by atoms with van der Waals surface area (Å²) in [4.78, 5) is 40.4. The Morgan fingerprint density at radius 3 is 2.35 bits per heavy atom. The SMILES string of the molecule is CC(NC(=O)CCC(=O)NC1CCC(c2cccs2)(N(C)C)CC1)C(=O)OCc1ccccc1. The second kappa shape index (κ2) is 12.1. The van der Waals surface area contributed by atoms with Gasteiger partial charge in [0.2, 0.25) is 11.8 Å². The minimum atomic E-state index is -0.769. The first-order valence-electron chi connectivity index (χ1n) is 11.8. The van der Waals surface area contributed by atoms with Gasteiger partial charge in [-0.15, -0.1) is 11.3 Å².